The number of fused-ring (bicyclic) bond motifs is 3. The summed E-state index contributed by atoms with van der Waals surface area (Å²) in [5, 5.41) is 4.75. The minimum atomic E-state index is 0.594. The van der Waals surface area contributed by atoms with E-state index in [-0.39, 0.29) is 0 Å². The van der Waals surface area contributed by atoms with E-state index in [1.54, 1.807) is 0 Å². The Labute approximate surface area is 183 Å². The molecule has 3 aromatic heterocycles. The van der Waals surface area contributed by atoms with Crippen molar-refractivity contribution in [2.45, 2.75) is 44.7 Å². The van der Waals surface area contributed by atoms with E-state index in [0.717, 1.165) is 38.5 Å². The highest BCUT2D eigenvalue weighted by Gasteiger charge is 2.26. The van der Waals surface area contributed by atoms with E-state index in [0.29, 0.717) is 6.04 Å². The molecule has 6 heteroatoms. The molecule has 0 amide bonds. The van der Waals surface area contributed by atoms with Crippen molar-refractivity contribution in [2.75, 3.05) is 36.0 Å². The standard InChI is InChI=1S/C25H30N6/c1-2-4-19(5-3-1)31-23-9-13-30(18-22(23)21-8-10-27-17-24(21)31)25-7-6-20(16-28-25)29-14-11-26-12-15-29/h6-10,13,16-17,19,26H,1-5,11-12,14-15,18H2. The number of pyridine rings is 2. The van der Waals surface area contributed by atoms with Crippen LogP contribution in [0, 0.1) is 0 Å². The summed E-state index contributed by atoms with van der Waals surface area (Å²) < 4.78 is 2.57. The Hall–Kier alpha value is -2.86. The average Bonchev–Trinajstić information content (AvgIpc) is 3.19. The van der Waals surface area contributed by atoms with Crippen molar-refractivity contribution in [3.05, 3.63) is 54.2 Å². The molecule has 0 aromatic carbocycles. The van der Waals surface area contributed by atoms with Crippen molar-refractivity contribution in [1.29, 1.82) is 0 Å². The van der Waals surface area contributed by atoms with E-state index in [9.17, 15) is 0 Å². The van der Waals surface area contributed by atoms with E-state index in [2.05, 4.69) is 61.3 Å². The van der Waals surface area contributed by atoms with E-state index < -0.39 is 0 Å². The van der Waals surface area contributed by atoms with Crippen LogP contribution in [0.15, 0.2) is 43.0 Å². The lowest BCUT2D eigenvalue weighted by molar-refractivity contribution is 0.359. The van der Waals surface area contributed by atoms with Crippen LogP contribution in [0.1, 0.15) is 49.4 Å². The molecule has 1 saturated carbocycles. The number of aromatic nitrogens is 3. The molecule has 5 heterocycles. The summed E-state index contributed by atoms with van der Waals surface area (Å²) in [6, 6.07) is 7.16. The summed E-state index contributed by atoms with van der Waals surface area (Å²) >= 11 is 0. The third kappa shape index (κ3) is 3.39. The Morgan fingerprint density at radius 1 is 0.968 bits per heavy atom. The zero-order valence-corrected chi connectivity index (χ0v) is 18.0. The van der Waals surface area contributed by atoms with Crippen molar-refractivity contribution < 1.29 is 0 Å². The summed E-state index contributed by atoms with van der Waals surface area (Å²) in [6.07, 6.45) is 17.1. The number of nitrogens with zero attached hydrogens (tertiary/aromatic N) is 5. The Kier molecular flexibility index (Phi) is 4.87. The maximum atomic E-state index is 4.82. The molecule has 3 aliphatic rings. The smallest absolute Gasteiger partial charge is 0.132 e. The molecular weight excluding hydrogens is 384 g/mol. The molecule has 1 N–H and O–H groups in total. The summed E-state index contributed by atoms with van der Waals surface area (Å²) in [5.74, 6) is 1.01. The zero-order valence-electron chi connectivity index (χ0n) is 18.0. The number of anilines is 2. The second-order valence-electron chi connectivity index (χ2n) is 8.97. The van der Waals surface area contributed by atoms with Gasteiger partial charge in [-0.3, -0.25) is 4.98 Å². The maximum absolute atomic E-state index is 4.82. The summed E-state index contributed by atoms with van der Waals surface area (Å²) in [7, 11) is 0. The molecule has 0 bridgehead atoms. The fourth-order valence-electron chi connectivity index (χ4n) is 5.53. The van der Waals surface area contributed by atoms with Crippen LogP contribution in [0.2, 0.25) is 0 Å². The number of rotatable bonds is 3. The van der Waals surface area contributed by atoms with Crippen LogP contribution in [0.25, 0.3) is 17.0 Å². The van der Waals surface area contributed by atoms with Gasteiger partial charge in [0.15, 0.2) is 0 Å². The molecule has 0 atom stereocenters. The Morgan fingerprint density at radius 3 is 2.65 bits per heavy atom. The van der Waals surface area contributed by atoms with Crippen LogP contribution < -0.4 is 15.1 Å². The monoisotopic (exact) mass is 414 g/mol. The molecule has 6 rings (SSSR count). The summed E-state index contributed by atoms with van der Waals surface area (Å²) in [5.41, 5.74) is 5.27. The van der Waals surface area contributed by atoms with Crippen molar-refractivity contribution in [3.63, 3.8) is 0 Å². The highest BCUT2D eigenvalue weighted by molar-refractivity contribution is 5.89. The van der Waals surface area contributed by atoms with Gasteiger partial charge in [-0.15, -0.1) is 0 Å². The third-order valence-corrected chi connectivity index (χ3v) is 7.14. The van der Waals surface area contributed by atoms with Gasteiger partial charge in [0, 0.05) is 61.3 Å². The zero-order chi connectivity index (χ0) is 20.6. The Balaban J connectivity index is 1.31. The van der Waals surface area contributed by atoms with E-state index in [1.165, 1.54) is 60.0 Å². The molecule has 160 valence electrons. The van der Waals surface area contributed by atoms with E-state index in [1.807, 2.05) is 12.4 Å². The van der Waals surface area contributed by atoms with Gasteiger partial charge in [-0.05, 0) is 37.1 Å². The van der Waals surface area contributed by atoms with Crippen molar-refractivity contribution in [1.82, 2.24) is 19.9 Å². The predicted octanol–water partition coefficient (Wildman–Crippen LogP) is 4.34. The molecule has 2 fully saturated rings. The predicted molar refractivity (Wildman–Crippen MR) is 126 cm³/mol. The first-order chi connectivity index (χ1) is 15.4. The highest BCUT2D eigenvalue weighted by atomic mass is 15.2. The van der Waals surface area contributed by atoms with Gasteiger partial charge in [0.05, 0.1) is 30.1 Å². The molecule has 3 aromatic rings. The topological polar surface area (TPSA) is 49.2 Å². The molecule has 0 unspecified atom stereocenters. The second-order valence-corrected chi connectivity index (χ2v) is 8.97. The lowest BCUT2D eigenvalue weighted by Crippen LogP contribution is -2.43. The Bertz CT molecular complexity index is 1090. The summed E-state index contributed by atoms with van der Waals surface area (Å²) in [4.78, 5) is 14.0. The van der Waals surface area contributed by atoms with Gasteiger partial charge < -0.3 is 19.7 Å². The van der Waals surface area contributed by atoms with Crippen LogP contribution >= 0.6 is 0 Å². The molecule has 1 aliphatic carbocycles. The second kappa shape index (κ2) is 8.00. The lowest BCUT2D eigenvalue weighted by atomic mass is 9.95. The fraction of sp³-hybridized carbons (Fsp3) is 0.440. The molecule has 6 nitrogen and oxygen atoms in total. The van der Waals surface area contributed by atoms with Gasteiger partial charge in [0.25, 0.3) is 0 Å². The van der Waals surface area contributed by atoms with Crippen LogP contribution in [0.3, 0.4) is 0 Å². The Morgan fingerprint density at radius 2 is 1.84 bits per heavy atom. The van der Waals surface area contributed by atoms with E-state index in [4.69, 9.17) is 4.98 Å². The normalized spacial score (nSPS) is 19.7. The quantitative estimate of drug-likeness (QED) is 0.691. The minimum absolute atomic E-state index is 0.594. The van der Waals surface area contributed by atoms with Gasteiger partial charge in [-0.25, -0.2) is 4.98 Å². The van der Waals surface area contributed by atoms with Gasteiger partial charge in [0.1, 0.15) is 5.82 Å². The average molecular weight is 415 g/mol. The minimum Gasteiger partial charge on any atom is -0.368 e. The molecule has 2 aliphatic heterocycles. The maximum Gasteiger partial charge on any atom is 0.132 e. The molecule has 0 radical (unpaired) electrons. The van der Waals surface area contributed by atoms with Gasteiger partial charge in [0.2, 0.25) is 0 Å². The van der Waals surface area contributed by atoms with E-state index >= 15 is 0 Å². The van der Waals surface area contributed by atoms with Crippen molar-refractivity contribution in [3.8, 4) is 0 Å². The highest BCUT2D eigenvalue weighted by Crippen LogP contribution is 2.39. The van der Waals surface area contributed by atoms with Gasteiger partial charge >= 0.3 is 0 Å². The molecule has 31 heavy (non-hydrogen) atoms. The fourth-order valence-corrected chi connectivity index (χ4v) is 5.53. The summed E-state index contributed by atoms with van der Waals surface area (Å²) in [6.45, 7) is 5.02. The van der Waals surface area contributed by atoms with Crippen molar-refractivity contribution in [2.24, 2.45) is 0 Å². The first kappa shape index (κ1) is 18.9. The molecule has 1 saturated heterocycles. The van der Waals surface area contributed by atoms with Crippen LogP contribution in [-0.2, 0) is 6.54 Å². The number of hydrogen-bond donors (Lipinski definition) is 1. The van der Waals surface area contributed by atoms with Crippen molar-refractivity contribution >= 4 is 28.5 Å². The number of nitrogens with one attached hydrogen (secondary N) is 1. The van der Waals surface area contributed by atoms with Crippen LogP contribution in [-0.4, -0.2) is 40.7 Å². The number of hydrogen-bond acceptors (Lipinski definition) is 5. The van der Waals surface area contributed by atoms with Crippen LogP contribution in [0.4, 0.5) is 11.5 Å². The molecular formula is C25H30N6. The first-order valence-electron chi connectivity index (χ1n) is 11.7. The third-order valence-electron chi connectivity index (χ3n) is 7.14. The van der Waals surface area contributed by atoms with Crippen LogP contribution in [0.5, 0.6) is 0 Å². The largest absolute Gasteiger partial charge is 0.368 e. The van der Waals surface area contributed by atoms with Gasteiger partial charge in [-0.1, -0.05) is 19.3 Å². The van der Waals surface area contributed by atoms with Gasteiger partial charge in [-0.2, -0.15) is 0 Å². The SMILES string of the molecule is C1=CN(c2ccc(N3CCNCC3)cn2)Cc2c1n(C1CCCCC1)c1cnccc21. The lowest BCUT2D eigenvalue weighted by Gasteiger charge is -2.30. The first-order valence-corrected chi connectivity index (χ1v) is 11.7. The molecule has 0 spiro atoms. The number of piperazine rings is 1.